The topological polar surface area (TPSA) is 84.6 Å². The van der Waals surface area contributed by atoms with Gasteiger partial charge in [-0.05, 0) is 24.3 Å². The molecule has 2 N–H and O–H groups in total. The van der Waals surface area contributed by atoms with E-state index in [1.54, 1.807) is 30.5 Å². The Balaban J connectivity index is 1.57. The number of hydrogen-bond acceptors (Lipinski definition) is 5. The van der Waals surface area contributed by atoms with Gasteiger partial charge in [-0.25, -0.2) is 4.98 Å². The number of carbonyl (C=O) groups excluding carboxylic acids is 1. The summed E-state index contributed by atoms with van der Waals surface area (Å²) in [6, 6.07) is 16.4. The third kappa shape index (κ3) is 4.45. The van der Waals surface area contributed by atoms with Gasteiger partial charge in [0.05, 0.1) is 12.8 Å². The number of oxazole rings is 1. The van der Waals surface area contributed by atoms with Crippen molar-refractivity contribution < 1.29 is 19.1 Å². The lowest BCUT2D eigenvalue weighted by Crippen LogP contribution is -2.26. The van der Waals surface area contributed by atoms with Gasteiger partial charge in [0.1, 0.15) is 5.75 Å². The van der Waals surface area contributed by atoms with E-state index in [0.29, 0.717) is 23.0 Å². The van der Waals surface area contributed by atoms with Gasteiger partial charge in [-0.1, -0.05) is 30.3 Å². The van der Waals surface area contributed by atoms with Crippen molar-refractivity contribution in [2.75, 3.05) is 13.2 Å². The van der Waals surface area contributed by atoms with Crippen LogP contribution in [-0.4, -0.2) is 29.1 Å². The number of carbonyl (C=O) groups is 1. The minimum absolute atomic E-state index is 0.0892. The van der Waals surface area contributed by atoms with Crippen LogP contribution in [0.2, 0.25) is 0 Å². The highest BCUT2D eigenvalue weighted by Crippen LogP contribution is 2.21. The number of aliphatic hydroxyl groups is 1. The lowest BCUT2D eigenvalue weighted by atomic mass is 10.2. The summed E-state index contributed by atoms with van der Waals surface area (Å²) >= 11 is 0. The fourth-order valence-corrected chi connectivity index (χ4v) is 2.23. The average Bonchev–Trinajstić information content (AvgIpc) is 3.14. The van der Waals surface area contributed by atoms with Crippen LogP contribution in [0.15, 0.2) is 65.2 Å². The lowest BCUT2D eigenvalue weighted by molar-refractivity contribution is 0.0944. The molecule has 0 unspecified atom stereocenters. The molecule has 1 amide bonds. The Morgan fingerprint density at radius 2 is 1.88 bits per heavy atom. The molecule has 3 rings (SSSR count). The molecule has 2 aromatic carbocycles. The second-order valence-corrected chi connectivity index (χ2v) is 5.28. The summed E-state index contributed by atoms with van der Waals surface area (Å²) in [5.74, 6) is 1.54. The second kappa shape index (κ2) is 8.12. The molecule has 0 aliphatic carbocycles. The molecule has 0 saturated carbocycles. The van der Waals surface area contributed by atoms with E-state index in [0.717, 1.165) is 5.56 Å². The monoisotopic (exact) mass is 338 g/mol. The van der Waals surface area contributed by atoms with Crippen LogP contribution in [0.3, 0.4) is 0 Å². The molecular weight excluding hydrogens is 320 g/mol. The molecule has 0 radical (unpaired) electrons. The SMILES string of the molecule is O=C(NCCO)c1ccc(OCc2ncc(-c3ccccc3)o2)cc1. The first-order valence-corrected chi connectivity index (χ1v) is 7.88. The summed E-state index contributed by atoms with van der Waals surface area (Å²) in [5.41, 5.74) is 1.46. The van der Waals surface area contributed by atoms with E-state index < -0.39 is 0 Å². The summed E-state index contributed by atoms with van der Waals surface area (Å²) in [6.45, 7) is 0.335. The van der Waals surface area contributed by atoms with Crippen molar-refractivity contribution in [1.82, 2.24) is 10.3 Å². The van der Waals surface area contributed by atoms with Crippen molar-refractivity contribution in [2.24, 2.45) is 0 Å². The van der Waals surface area contributed by atoms with E-state index in [4.69, 9.17) is 14.3 Å². The molecule has 0 spiro atoms. The van der Waals surface area contributed by atoms with Crippen LogP contribution in [0, 0.1) is 0 Å². The first-order valence-electron chi connectivity index (χ1n) is 7.88. The third-order valence-corrected chi connectivity index (χ3v) is 3.49. The van der Waals surface area contributed by atoms with E-state index in [1.807, 2.05) is 30.3 Å². The van der Waals surface area contributed by atoms with Crippen LogP contribution in [0.5, 0.6) is 5.75 Å². The van der Waals surface area contributed by atoms with Gasteiger partial charge < -0.3 is 19.6 Å². The van der Waals surface area contributed by atoms with Crippen LogP contribution in [0.4, 0.5) is 0 Å². The van der Waals surface area contributed by atoms with Crippen molar-refractivity contribution in [3.05, 3.63) is 72.2 Å². The van der Waals surface area contributed by atoms with Gasteiger partial charge in [0.15, 0.2) is 12.4 Å². The maximum Gasteiger partial charge on any atom is 0.251 e. The Bertz CT molecular complexity index is 813. The fraction of sp³-hybridized carbons (Fsp3) is 0.158. The predicted octanol–water partition coefficient (Wildman–Crippen LogP) is 2.64. The average molecular weight is 338 g/mol. The normalized spacial score (nSPS) is 10.4. The zero-order valence-corrected chi connectivity index (χ0v) is 13.5. The van der Waals surface area contributed by atoms with Gasteiger partial charge in [-0.3, -0.25) is 4.79 Å². The maximum absolute atomic E-state index is 11.7. The smallest absolute Gasteiger partial charge is 0.251 e. The summed E-state index contributed by atoms with van der Waals surface area (Å²) < 4.78 is 11.3. The van der Waals surface area contributed by atoms with Crippen molar-refractivity contribution in [1.29, 1.82) is 0 Å². The molecule has 6 heteroatoms. The Kier molecular flexibility index (Phi) is 5.43. The van der Waals surface area contributed by atoms with Crippen molar-refractivity contribution >= 4 is 5.91 Å². The molecule has 1 aromatic heterocycles. The highest BCUT2D eigenvalue weighted by Gasteiger charge is 2.08. The quantitative estimate of drug-likeness (QED) is 0.692. The van der Waals surface area contributed by atoms with E-state index in [2.05, 4.69) is 10.3 Å². The summed E-state index contributed by atoms with van der Waals surface area (Å²) in [5, 5.41) is 11.3. The van der Waals surface area contributed by atoms with E-state index in [1.165, 1.54) is 0 Å². The summed E-state index contributed by atoms with van der Waals surface area (Å²) in [7, 11) is 0. The van der Waals surface area contributed by atoms with Crippen molar-refractivity contribution in [3.63, 3.8) is 0 Å². The van der Waals surface area contributed by atoms with E-state index in [9.17, 15) is 4.79 Å². The highest BCUT2D eigenvalue weighted by atomic mass is 16.5. The predicted molar refractivity (Wildman–Crippen MR) is 92.1 cm³/mol. The molecule has 1 heterocycles. The van der Waals surface area contributed by atoms with Crippen LogP contribution in [-0.2, 0) is 6.61 Å². The number of aliphatic hydroxyl groups excluding tert-OH is 1. The van der Waals surface area contributed by atoms with Gasteiger partial charge in [0.25, 0.3) is 5.91 Å². The summed E-state index contributed by atoms with van der Waals surface area (Å²) in [6.07, 6.45) is 1.67. The Morgan fingerprint density at radius 1 is 1.12 bits per heavy atom. The Morgan fingerprint density at radius 3 is 2.60 bits per heavy atom. The molecule has 3 aromatic rings. The minimum atomic E-state index is -0.235. The molecule has 128 valence electrons. The van der Waals surface area contributed by atoms with Gasteiger partial charge >= 0.3 is 0 Å². The summed E-state index contributed by atoms with van der Waals surface area (Å²) in [4.78, 5) is 16.0. The first kappa shape index (κ1) is 16.7. The second-order valence-electron chi connectivity index (χ2n) is 5.28. The third-order valence-electron chi connectivity index (χ3n) is 3.49. The number of ether oxygens (including phenoxy) is 1. The highest BCUT2D eigenvalue weighted by molar-refractivity contribution is 5.94. The van der Waals surface area contributed by atoms with Crippen LogP contribution in [0.25, 0.3) is 11.3 Å². The van der Waals surface area contributed by atoms with Gasteiger partial charge in [0.2, 0.25) is 5.89 Å². The molecular formula is C19H18N2O4. The minimum Gasteiger partial charge on any atom is -0.484 e. The number of nitrogens with zero attached hydrogens (tertiary/aromatic N) is 1. The van der Waals surface area contributed by atoms with Crippen molar-refractivity contribution in [2.45, 2.75) is 6.61 Å². The zero-order chi connectivity index (χ0) is 17.5. The molecule has 0 aliphatic heterocycles. The molecule has 0 aliphatic rings. The van der Waals surface area contributed by atoms with Gasteiger partial charge in [-0.2, -0.15) is 0 Å². The van der Waals surface area contributed by atoms with Gasteiger partial charge in [-0.15, -0.1) is 0 Å². The molecule has 0 saturated heterocycles. The van der Waals surface area contributed by atoms with Crippen molar-refractivity contribution in [3.8, 4) is 17.1 Å². The maximum atomic E-state index is 11.7. The molecule has 0 atom stereocenters. The Labute approximate surface area is 145 Å². The lowest BCUT2D eigenvalue weighted by Gasteiger charge is -2.06. The number of rotatable bonds is 7. The molecule has 6 nitrogen and oxygen atoms in total. The number of amides is 1. The number of benzene rings is 2. The molecule has 0 fully saturated rings. The molecule has 0 bridgehead atoms. The van der Waals surface area contributed by atoms with E-state index >= 15 is 0 Å². The first-order chi connectivity index (χ1) is 12.3. The van der Waals surface area contributed by atoms with Crippen LogP contribution < -0.4 is 10.1 Å². The number of hydrogen-bond donors (Lipinski definition) is 2. The molecule has 25 heavy (non-hydrogen) atoms. The number of nitrogens with one attached hydrogen (secondary N) is 1. The Hall–Kier alpha value is -3.12. The largest absolute Gasteiger partial charge is 0.484 e. The van der Waals surface area contributed by atoms with Crippen LogP contribution >= 0.6 is 0 Å². The standard InChI is InChI=1S/C19H18N2O4/c22-11-10-20-19(23)15-6-8-16(9-7-15)24-13-18-21-12-17(25-18)14-4-2-1-3-5-14/h1-9,12,22H,10-11,13H2,(H,20,23). The fourth-order valence-electron chi connectivity index (χ4n) is 2.23. The zero-order valence-electron chi connectivity index (χ0n) is 13.5. The number of aromatic nitrogens is 1. The van der Waals surface area contributed by atoms with E-state index in [-0.39, 0.29) is 25.7 Å². The van der Waals surface area contributed by atoms with Crippen LogP contribution in [0.1, 0.15) is 16.2 Å². The van der Waals surface area contributed by atoms with Gasteiger partial charge in [0, 0.05) is 17.7 Å².